The zero-order valence-corrected chi connectivity index (χ0v) is 12.8. The molecule has 102 valence electrons. The molecule has 5 nitrogen and oxygen atoms in total. The largest absolute Gasteiger partial charge is 0.480 e. The summed E-state index contributed by atoms with van der Waals surface area (Å²) in [6.07, 6.45) is 1.67. The van der Waals surface area contributed by atoms with Crippen LogP contribution in [0.5, 0.6) is 5.88 Å². The van der Waals surface area contributed by atoms with Crippen molar-refractivity contribution in [3.63, 3.8) is 0 Å². The Labute approximate surface area is 116 Å². The van der Waals surface area contributed by atoms with Crippen LogP contribution < -0.4 is 10.1 Å². The molecule has 1 heterocycles. The number of hydrogen-bond donors (Lipinski definition) is 1. The van der Waals surface area contributed by atoms with Gasteiger partial charge in [-0.25, -0.2) is 4.98 Å². The molecule has 1 unspecified atom stereocenters. The number of ether oxygens (including phenoxy) is 2. The Bertz CT molecular complexity index is 374. The first-order valence-corrected chi connectivity index (χ1v) is 6.78. The standard InChI is InChI=1S/C12H20BrN3O2/c1-5-18-7-10(8(2)3)15-12-14-6-9(13)11(16-12)17-4/h6,8,10H,5,7H2,1-4H3,(H,14,15,16). The molecule has 0 spiro atoms. The highest BCUT2D eigenvalue weighted by Crippen LogP contribution is 2.22. The highest BCUT2D eigenvalue weighted by atomic mass is 79.9. The lowest BCUT2D eigenvalue weighted by atomic mass is 10.1. The Morgan fingerprint density at radius 1 is 1.44 bits per heavy atom. The summed E-state index contributed by atoms with van der Waals surface area (Å²) in [6.45, 7) is 7.58. The van der Waals surface area contributed by atoms with Crippen LogP contribution in [-0.2, 0) is 4.74 Å². The number of rotatable bonds is 7. The third-order valence-corrected chi connectivity index (χ3v) is 3.07. The van der Waals surface area contributed by atoms with Crippen LogP contribution in [-0.4, -0.2) is 36.3 Å². The quantitative estimate of drug-likeness (QED) is 0.838. The van der Waals surface area contributed by atoms with Crippen LogP contribution in [0, 0.1) is 5.92 Å². The van der Waals surface area contributed by atoms with Gasteiger partial charge in [-0.15, -0.1) is 0 Å². The van der Waals surface area contributed by atoms with Gasteiger partial charge in [0.1, 0.15) is 0 Å². The molecule has 6 heteroatoms. The lowest BCUT2D eigenvalue weighted by Gasteiger charge is -2.22. The number of nitrogens with one attached hydrogen (secondary N) is 1. The predicted octanol–water partition coefficient (Wildman–Crippen LogP) is 2.72. The lowest BCUT2D eigenvalue weighted by molar-refractivity contribution is 0.126. The van der Waals surface area contributed by atoms with Gasteiger partial charge in [0.2, 0.25) is 11.8 Å². The van der Waals surface area contributed by atoms with Gasteiger partial charge in [-0.3, -0.25) is 0 Å². The molecular formula is C12H20BrN3O2. The molecule has 0 aromatic carbocycles. The fourth-order valence-corrected chi connectivity index (χ4v) is 1.73. The molecule has 0 radical (unpaired) electrons. The normalized spacial score (nSPS) is 12.6. The van der Waals surface area contributed by atoms with Gasteiger partial charge in [0.05, 0.1) is 30.4 Å². The van der Waals surface area contributed by atoms with E-state index in [9.17, 15) is 0 Å². The van der Waals surface area contributed by atoms with Crippen LogP contribution in [0.15, 0.2) is 10.7 Å². The summed E-state index contributed by atoms with van der Waals surface area (Å²) in [5.74, 6) is 1.50. The van der Waals surface area contributed by atoms with Crippen LogP contribution in [0.25, 0.3) is 0 Å². The first-order chi connectivity index (χ1) is 8.58. The van der Waals surface area contributed by atoms with E-state index in [1.807, 2.05) is 6.92 Å². The van der Waals surface area contributed by atoms with Crippen molar-refractivity contribution in [2.45, 2.75) is 26.8 Å². The molecule has 1 atom stereocenters. The summed E-state index contributed by atoms with van der Waals surface area (Å²) >= 11 is 3.33. The second kappa shape index (κ2) is 7.53. The second-order valence-electron chi connectivity index (χ2n) is 4.21. The minimum Gasteiger partial charge on any atom is -0.480 e. The molecular weight excluding hydrogens is 298 g/mol. The molecule has 1 N–H and O–H groups in total. The smallest absolute Gasteiger partial charge is 0.232 e. The van der Waals surface area contributed by atoms with Crippen molar-refractivity contribution in [1.82, 2.24) is 9.97 Å². The third-order valence-electron chi connectivity index (χ3n) is 2.53. The Hall–Kier alpha value is -0.880. The summed E-state index contributed by atoms with van der Waals surface area (Å²) in [5.41, 5.74) is 0. The van der Waals surface area contributed by atoms with Crippen molar-refractivity contribution in [1.29, 1.82) is 0 Å². The number of nitrogens with zero attached hydrogens (tertiary/aromatic N) is 2. The van der Waals surface area contributed by atoms with E-state index < -0.39 is 0 Å². The minimum atomic E-state index is 0.177. The van der Waals surface area contributed by atoms with Gasteiger partial charge in [0.25, 0.3) is 0 Å². The van der Waals surface area contributed by atoms with E-state index in [4.69, 9.17) is 9.47 Å². The summed E-state index contributed by atoms with van der Waals surface area (Å²) < 4.78 is 11.3. The molecule has 18 heavy (non-hydrogen) atoms. The van der Waals surface area contributed by atoms with Gasteiger partial charge in [0.15, 0.2) is 0 Å². The van der Waals surface area contributed by atoms with E-state index in [0.29, 0.717) is 31.0 Å². The molecule has 1 rings (SSSR count). The van der Waals surface area contributed by atoms with Crippen LogP contribution in [0.2, 0.25) is 0 Å². The molecule has 0 fully saturated rings. The first-order valence-electron chi connectivity index (χ1n) is 5.99. The topological polar surface area (TPSA) is 56.3 Å². The fourth-order valence-electron chi connectivity index (χ4n) is 1.38. The molecule has 0 saturated carbocycles. The molecule has 0 saturated heterocycles. The highest BCUT2D eigenvalue weighted by molar-refractivity contribution is 9.10. The Morgan fingerprint density at radius 3 is 2.72 bits per heavy atom. The van der Waals surface area contributed by atoms with Crippen LogP contribution >= 0.6 is 15.9 Å². The van der Waals surface area contributed by atoms with Gasteiger partial charge in [0, 0.05) is 6.61 Å². The molecule has 0 aliphatic carbocycles. The predicted molar refractivity (Wildman–Crippen MR) is 75.0 cm³/mol. The monoisotopic (exact) mass is 317 g/mol. The molecule has 1 aromatic rings. The van der Waals surface area contributed by atoms with Crippen LogP contribution in [0.3, 0.4) is 0 Å². The van der Waals surface area contributed by atoms with Gasteiger partial charge in [-0.1, -0.05) is 13.8 Å². The maximum absolute atomic E-state index is 5.45. The highest BCUT2D eigenvalue weighted by Gasteiger charge is 2.15. The Kier molecular flexibility index (Phi) is 6.35. The van der Waals surface area contributed by atoms with E-state index in [1.54, 1.807) is 13.3 Å². The first kappa shape index (κ1) is 15.2. The van der Waals surface area contributed by atoms with Crippen LogP contribution in [0.1, 0.15) is 20.8 Å². The van der Waals surface area contributed by atoms with Crippen molar-refractivity contribution >= 4 is 21.9 Å². The molecule has 0 amide bonds. The summed E-state index contributed by atoms with van der Waals surface area (Å²) in [6, 6.07) is 0.177. The Morgan fingerprint density at radius 2 is 2.17 bits per heavy atom. The van der Waals surface area contributed by atoms with Crippen molar-refractivity contribution in [2.24, 2.45) is 5.92 Å². The van der Waals surface area contributed by atoms with Crippen molar-refractivity contribution in [3.05, 3.63) is 10.7 Å². The van der Waals surface area contributed by atoms with Crippen molar-refractivity contribution in [3.8, 4) is 5.88 Å². The van der Waals surface area contributed by atoms with Gasteiger partial charge >= 0.3 is 0 Å². The van der Waals surface area contributed by atoms with Gasteiger partial charge in [-0.05, 0) is 28.8 Å². The Balaban J connectivity index is 2.74. The second-order valence-corrected chi connectivity index (χ2v) is 5.06. The zero-order valence-electron chi connectivity index (χ0n) is 11.2. The lowest BCUT2D eigenvalue weighted by Crippen LogP contribution is -2.31. The van der Waals surface area contributed by atoms with E-state index >= 15 is 0 Å². The summed E-state index contributed by atoms with van der Waals surface area (Å²) in [5, 5.41) is 3.27. The molecule has 1 aromatic heterocycles. The number of halogens is 1. The minimum absolute atomic E-state index is 0.177. The van der Waals surface area contributed by atoms with E-state index in [-0.39, 0.29) is 6.04 Å². The number of methoxy groups -OCH3 is 1. The zero-order chi connectivity index (χ0) is 13.5. The van der Waals surface area contributed by atoms with Gasteiger partial charge in [-0.2, -0.15) is 4.98 Å². The fraction of sp³-hybridized carbons (Fsp3) is 0.667. The molecule has 0 aliphatic rings. The number of aromatic nitrogens is 2. The molecule has 0 bridgehead atoms. The van der Waals surface area contributed by atoms with Gasteiger partial charge < -0.3 is 14.8 Å². The summed E-state index contributed by atoms with van der Waals surface area (Å²) in [7, 11) is 1.58. The van der Waals surface area contributed by atoms with Crippen molar-refractivity contribution in [2.75, 3.05) is 25.6 Å². The molecule has 0 aliphatic heterocycles. The maximum Gasteiger partial charge on any atom is 0.232 e. The van der Waals surface area contributed by atoms with Crippen molar-refractivity contribution < 1.29 is 9.47 Å². The maximum atomic E-state index is 5.45. The average Bonchev–Trinajstić information content (AvgIpc) is 2.36. The number of hydrogen-bond acceptors (Lipinski definition) is 5. The van der Waals surface area contributed by atoms with E-state index in [2.05, 4.69) is 45.1 Å². The SMILES string of the molecule is CCOCC(Nc1ncc(Br)c(OC)n1)C(C)C. The van der Waals surface area contributed by atoms with E-state index in [1.165, 1.54) is 0 Å². The third kappa shape index (κ3) is 4.42. The van der Waals surface area contributed by atoms with Crippen LogP contribution in [0.4, 0.5) is 5.95 Å². The van der Waals surface area contributed by atoms with E-state index in [0.717, 1.165) is 4.47 Å². The number of anilines is 1. The average molecular weight is 318 g/mol. The summed E-state index contributed by atoms with van der Waals surface area (Å²) in [4.78, 5) is 8.49.